The Labute approximate surface area is 212 Å². The average molecular weight is 626 g/mol. The van der Waals surface area contributed by atoms with Gasteiger partial charge in [-0.2, -0.15) is 0 Å². The van der Waals surface area contributed by atoms with Crippen molar-refractivity contribution in [3.05, 3.63) is 0 Å². The van der Waals surface area contributed by atoms with Crippen molar-refractivity contribution in [2.45, 2.75) is 51.6 Å². The van der Waals surface area contributed by atoms with Crippen molar-refractivity contribution >= 4 is 0 Å². The second-order valence-electron chi connectivity index (χ2n) is 11.9. The largest absolute Gasteiger partial charge is 1.00 e. The highest BCUT2D eigenvalue weighted by Crippen LogP contribution is 2.24. The van der Waals surface area contributed by atoms with E-state index < -0.39 is 0 Å². The first-order valence-electron chi connectivity index (χ1n) is 11.0. The average Bonchev–Trinajstić information content (AvgIpc) is 2.99. The normalized spacial score (nSPS) is 32.8. The van der Waals surface area contributed by atoms with Gasteiger partial charge in [0, 0.05) is 25.7 Å². The number of quaternary nitrogens is 4. The Balaban J connectivity index is 0. The van der Waals surface area contributed by atoms with E-state index in [0.717, 1.165) is 21.0 Å². The van der Waals surface area contributed by atoms with Gasteiger partial charge < -0.3 is 65.9 Å². The fraction of sp³-hybridized carbons (Fsp3) is 1.00. The molecule has 2 aliphatic heterocycles. The van der Waals surface area contributed by atoms with Gasteiger partial charge in [-0.15, -0.1) is 0 Å². The van der Waals surface area contributed by atoms with Gasteiger partial charge in [0.1, 0.15) is 26.2 Å². The van der Waals surface area contributed by atoms with Crippen LogP contribution in [-0.4, -0.2) is 126 Å². The first-order valence-corrected chi connectivity index (χ1v) is 11.0. The molecule has 4 atom stereocenters. The van der Waals surface area contributed by atoms with E-state index in [1.807, 2.05) is 0 Å². The molecule has 4 nitrogen and oxygen atoms in total. The van der Waals surface area contributed by atoms with Crippen molar-refractivity contribution in [1.82, 2.24) is 0 Å². The van der Waals surface area contributed by atoms with E-state index in [9.17, 15) is 0 Å². The minimum absolute atomic E-state index is 0. The molecule has 0 radical (unpaired) electrons. The van der Waals surface area contributed by atoms with Gasteiger partial charge in [0.15, 0.2) is 0 Å². The lowest BCUT2D eigenvalue weighted by Gasteiger charge is -2.36. The first-order chi connectivity index (χ1) is 11.7. The van der Waals surface area contributed by atoms with Crippen molar-refractivity contribution < 1.29 is 65.9 Å². The third-order valence-electron chi connectivity index (χ3n) is 7.27. The minimum Gasteiger partial charge on any atom is -1.00 e. The standard InChI is InChI=1S/2C11H26N2.2HI/c2*1-11-7-6-8-13(11,5)10-9-12(2,3)4;;/h2*11H,6-10H2,1-5H3;2*1H/q2*+2;;/p-2. The van der Waals surface area contributed by atoms with E-state index in [2.05, 4.69) is 70.2 Å². The maximum Gasteiger partial charge on any atom is 0.128 e. The van der Waals surface area contributed by atoms with Crippen LogP contribution in [0.15, 0.2) is 0 Å². The van der Waals surface area contributed by atoms with Gasteiger partial charge >= 0.3 is 0 Å². The molecule has 0 bridgehead atoms. The van der Waals surface area contributed by atoms with Crippen LogP contribution in [0.25, 0.3) is 0 Å². The van der Waals surface area contributed by atoms with Crippen molar-refractivity contribution in [3.8, 4) is 0 Å². The fourth-order valence-corrected chi connectivity index (χ4v) is 4.28. The van der Waals surface area contributed by atoms with E-state index >= 15 is 0 Å². The van der Waals surface area contributed by atoms with Crippen molar-refractivity contribution in [2.24, 2.45) is 0 Å². The molecule has 0 amide bonds. The Morgan fingerprint density at radius 2 is 0.929 bits per heavy atom. The summed E-state index contributed by atoms with van der Waals surface area (Å²) >= 11 is 0. The summed E-state index contributed by atoms with van der Waals surface area (Å²) in [6.45, 7) is 12.9. The van der Waals surface area contributed by atoms with E-state index in [1.54, 1.807) is 0 Å². The molecule has 2 fully saturated rings. The Morgan fingerprint density at radius 1 is 0.643 bits per heavy atom. The first kappa shape index (κ1) is 31.5. The molecule has 6 heteroatoms. The maximum absolute atomic E-state index is 2.42. The van der Waals surface area contributed by atoms with Gasteiger partial charge in [-0.1, -0.05) is 0 Å². The van der Waals surface area contributed by atoms with Crippen LogP contribution in [-0.2, 0) is 0 Å². The number of nitrogens with zero attached hydrogens (tertiary/aromatic N) is 4. The van der Waals surface area contributed by atoms with Crippen LogP contribution in [0, 0.1) is 0 Å². The number of hydrogen-bond donors (Lipinski definition) is 0. The second kappa shape index (κ2) is 12.4. The molecular weight excluding hydrogens is 574 g/mol. The topological polar surface area (TPSA) is 0 Å². The molecule has 0 aromatic rings. The van der Waals surface area contributed by atoms with Gasteiger partial charge in [0.25, 0.3) is 0 Å². The maximum atomic E-state index is 2.42. The predicted octanol–water partition coefficient (Wildman–Crippen LogP) is -3.35. The summed E-state index contributed by atoms with van der Waals surface area (Å²) in [5.74, 6) is 0. The zero-order valence-corrected chi connectivity index (χ0v) is 25.1. The molecule has 0 spiro atoms. The molecular formula is C22H52I2N4+2. The summed E-state index contributed by atoms with van der Waals surface area (Å²) in [6.07, 6.45) is 5.70. The molecule has 0 aromatic heterocycles. The predicted molar refractivity (Wildman–Crippen MR) is 115 cm³/mol. The second-order valence-corrected chi connectivity index (χ2v) is 11.9. The molecule has 28 heavy (non-hydrogen) atoms. The number of hydrogen-bond acceptors (Lipinski definition) is 0. The third kappa shape index (κ3) is 11.1. The van der Waals surface area contributed by atoms with Gasteiger partial charge in [-0.05, 0) is 13.8 Å². The highest BCUT2D eigenvalue weighted by molar-refractivity contribution is 4.62. The van der Waals surface area contributed by atoms with Crippen LogP contribution in [0.4, 0.5) is 0 Å². The number of rotatable bonds is 6. The summed E-state index contributed by atoms with van der Waals surface area (Å²) < 4.78 is 4.80. The Bertz CT molecular complexity index is 393. The molecule has 0 N–H and O–H groups in total. The number of likely N-dealkylation sites (N-methyl/N-ethyl adjacent to an activating group) is 4. The molecule has 2 aliphatic rings. The lowest BCUT2D eigenvalue weighted by Crippen LogP contribution is -3.00. The summed E-state index contributed by atoms with van der Waals surface area (Å²) in [4.78, 5) is 0. The van der Waals surface area contributed by atoms with Gasteiger partial charge in [-0.25, -0.2) is 0 Å². The van der Waals surface area contributed by atoms with Gasteiger partial charge in [-0.3, -0.25) is 0 Å². The zero-order valence-electron chi connectivity index (χ0n) is 20.8. The molecule has 0 aliphatic carbocycles. The van der Waals surface area contributed by atoms with Crippen LogP contribution in [0.2, 0.25) is 0 Å². The Morgan fingerprint density at radius 3 is 1.11 bits per heavy atom. The number of likely N-dealkylation sites (tertiary alicyclic amines) is 2. The molecule has 0 saturated carbocycles. The summed E-state index contributed by atoms with van der Waals surface area (Å²) in [5.41, 5.74) is 0. The molecule has 0 aromatic carbocycles. The number of halogens is 2. The van der Waals surface area contributed by atoms with E-state index in [1.165, 1.54) is 73.9 Å². The summed E-state index contributed by atoms with van der Waals surface area (Å²) in [7, 11) is 18.6. The molecule has 4 unspecified atom stereocenters. The van der Waals surface area contributed by atoms with Crippen LogP contribution < -0.4 is 48.0 Å². The molecule has 2 saturated heterocycles. The van der Waals surface area contributed by atoms with Crippen molar-refractivity contribution in [2.75, 3.05) is 95.6 Å². The lowest BCUT2D eigenvalue weighted by atomic mass is 10.2. The summed E-state index contributed by atoms with van der Waals surface area (Å²) in [6, 6.07) is 1.76. The van der Waals surface area contributed by atoms with Crippen molar-refractivity contribution in [1.29, 1.82) is 0 Å². The van der Waals surface area contributed by atoms with Crippen LogP contribution in [0.1, 0.15) is 39.5 Å². The van der Waals surface area contributed by atoms with Crippen LogP contribution >= 0.6 is 0 Å². The highest BCUT2D eigenvalue weighted by atomic mass is 127. The third-order valence-corrected chi connectivity index (χ3v) is 7.27. The van der Waals surface area contributed by atoms with Crippen LogP contribution in [0.5, 0.6) is 0 Å². The van der Waals surface area contributed by atoms with E-state index in [0.29, 0.717) is 0 Å². The molecule has 2 heterocycles. The Hall–Kier alpha value is 1.30. The lowest BCUT2D eigenvalue weighted by molar-refractivity contribution is -0.954. The SMILES string of the molecule is CC1CCC[N+]1(C)CC[N+](C)(C)C.CC1CCC[N+]1(C)CC[N+](C)(C)C.[I-].[I-]. The smallest absolute Gasteiger partial charge is 0.128 e. The molecule has 172 valence electrons. The van der Waals surface area contributed by atoms with Crippen molar-refractivity contribution in [3.63, 3.8) is 0 Å². The van der Waals surface area contributed by atoms with E-state index in [-0.39, 0.29) is 48.0 Å². The zero-order chi connectivity index (χ0) is 20.2. The summed E-state index contributed by atoms with van der Waals surface area (Å²) in [5, 5.41) is 0. The monoisotopic (exact) mass is 626 g/mol. The van der Waals surface area contributed by atoms with Gasteiger partial charge in [0.05, 0.1) is 81.6 Å². The van der Waals surface area contributed by atoms with Crippen LogP contribution in [0.3, 0.4) is 0 Å². The quantitative estimate of drug-likeness (QED) is 0.214. The highest BCUT2D eigenvalue weighted by Gasteiger charge is 2.36. The van der Waals surface area contributed by atoms with Gasteiger partial charge in [0.2, 0.25) is 0 Å². The fourth-order valence-electron chi connectivity index (χ4n) is 4.28. The van der Waals surface area contributed by atoms with E-state index in [4.69, 9.17) is 0 Å². The minimum atomic E-state index is 0. The molecule has 2 rings (SSSR count). The Kier molecular flexibility index (Phi) is 13.9.